The van der Waals surface area contributed by atoms with Crippen LogP contribution >= 0.6 is 0 Å². The molecular formula is C17H17NO3. The third-order valence-corrected chi connectivity index (χ3v) is 4.09. The molecule has 2 aromatic rings. The number of nitrogens with one attached hydrogen (secondary N) is 1. The van der Waals surface area contributed by atoms with Crippen LogP contribution in [0.25, 0.3) is 0 Å². The van der Waals surface area contributed by atoms with Gasteiger partial charge >= 0.3 is 0 Å². The number of aliphatic hydroxyl groups excluding tert-OH is 1. The van der Waals surface area contributed by atoms with Gasteiger partial charge in [0.15, 0.2) is 11.5 Å². The van der Waals surface area contributed by atoms with Gasteiger partial charge in [0.05, 0.1) is 12.1 Å². The molecule has 2 N–H and O–H groups in total. The summed E-state index contributed by atoms with van der Waals surface area (Å²) < 4.78 is 11.1. The number of anilines is 1. The molecule has 0 saturated carbocycles. The zero-order chi connectivity index (χ0) is 14.2. The zero-order valence-electron chi connectivity index (χ0n) is 11.6. The van der Waals surface area contributed by atoms with Crippen molar-refractivity contribution < 1.29 is 14.6 Å². The van der Waals surface area contributed by atoms with E-state index in [1.165, 1.54) is 5.56 Å². The van der Waals surface area contributed by atoms with Crippen LogP contribution < -0.4 is 14.8 Å². The first kappa shape index (κ1) is 12.5. The van der Waals surface area contributed by atoms with Crippen molar-refractivity contribution in [1.82, 2.24) is 0 Å². The number of aliphatic hydroxyl groups is 1. The van der Waals surface area contributed by atoms with E-state index >= 15 is 0 Å². The minimum atomic E-state index is -0.576. The van der Waals surface area contributed by atoms with Gasteiger partial charge in [0.2, 0.25) is 0 Å². The van der Waals surface area contributed by atoms with Crippen LogP contribution in [0.1, 0.15) is 17.2 Å². The topological polar surface area (TPSA) is 50.7 Å². The van der Waals surface area contributed by atoms with Crippen LogP contribution in [0.15, 0.2) is 42.5 Å². The molecule has 2 unspecified atom stereocenters. The molecule has 0 saturated heterocycles. The highest BCUT2D eigenvalue weighted by atomic mass is 16.6. The van der Waals surface area contributed by atoms with E-state index in [9.17, 15) is 5.11 Å². The molecule has 4 rings (SSSR count). The van der Waals surface area contributed by atoms with E-state index in [0.717, 1.165) is 23.4 Å². The Morgan fingerprint density at radius 3 is 2.71 bits per heavy atom. The smallest absolute Gasteiger partial charge is 0.161 e. The number of rotatable bonds is 2. The molecule has 2 atom stereocenters. The van der Waals surface area contributed by atoms with Gasteiger partial charge in [-0.1, -0.05) is 24.3 Å². The molecule has 0 bridgehead atoms. The Morgan fingerprint density at radius 2 is 1.86 bits per heavy atom. The summed E-state index contributed by atoms with van der Waals surface area (Å²) in [6, 6.07) is 13.8. The first-order chi connectivity index (χ1) is 10.3. The molecule has 0 spiro atoms. The van der Waals surface area contributed by atoms with Crippen molar-refractivity contribution in [3.8, 4) is 11.5 Å². The average molecular weight is 283 g/mol. The quantitative estimate of drug-likeness (QED) is 0.889. The van der Waals surface area contributed by atoms with Crippen LogP contribution in [0.2, 0.25) is 0 Å². The van der Waals surface area contributed by atoms with Crippen LogP contribution in [0.4, 0.5) is 5.69 Å². The zero-order valence-corrected chi connectivity index (χ0v) is 11.6. The van der Waals surface area contributed by atoms with Crippen molar-refractivity contribution in [3.05, 3.63) is 53.6 Å². The monoisotopic (exact) mass is 283 g/mol. The highest BCUT2D eigenvalue weighted by Gasteiger charge is 2.28. The second-order valence-electron chi connectivity index (χ2n) is 5.46. The van der Waals surface area contributed by atoms with Crippen LogP contribution in [-0.4, -0.2) is 24.4 Å². The van der Waals surface area contributed by atoms with Gasteiger partial charge in [-0.05, 0) is 35.7 Å². The molecule has 4 heteroatoms. The lowest BCUT2D eigenvalue weighted by molar-refractivity contribution is 0.152. The third-order valence-electron chi connectivity index (χ3n) is 4.09. The fourth-order valence-corrected chi connectivity index (χ4v) is 2.99. The van der Waals surface area contributed by atoms with Crippen LogP contribution in [0.3, 0.4) is 0 Å². The van der Waals surface area contributed by atoms with Gasteiger partial charge in [0.25, 0.3) is 0 Å². The molecule has 0 amide bonds. The number of fused-ring (bicyclic) bond motifs is 2. The Morgan fingerprint density at radius 1 is 1.05 bits per heavy atom. The van der Waals surface area contributed by atoms with Crippen LogP contribution in [0, 0.1) is 0 Å². The Bertz CT molecular complexity index is 646. The summed E-state index contributed by atoms with van der Waals surface area (Å²) >= 11 is 0. The fraction of sp³-hybridized carbons (Fsp3) is 0.294. The summed E-state index contributed by atoms with van der Waals surface area (Å²) in [7, 11) is 0. The summed E-state index contributed by atoms with van der Waals surface area (Å²) in [5.74, 6) is 1.47. The lowest BCUT2D eigenvalue weighted by Crippen LogP contribution is -2.25. The maximum absolute atomic E-state index is 10.6. The maximum atomic E-state index is 10.6. The van der Waals surface area contributed by atoms with Crippen molar-refractivity contribution in [2.45, 2.75) is 18.6 Å². The standard InChI is InChI=1S/C17H17NO3/c19-17(14-9-11-3-1-2-4-13(11)18-14)12-5-6-15-16(10-12)21-8-7-20-15/h1-6,10,14,17-19H,7-9H2. The molecule has 2 aromatic carbocycles. The van der Waals surface area contributed by atoms with Crippen molar-refractivity contribution in [2.75, 3.05) is 18.5 Å². The van der Waals surface area contributed by atoms with Crippen LogP contribution in [0.5, 0.6) is 11.5 Å². The van der Waals surface area contributed by atoms with E-state index < -0.39 is 6.10 Å². The molecule has 0 aromatic heterocycles. The summed E-state index contributed by atoms with van der Waals surface area (Å²) in [5, 5.41) is 14.0. The van der Waals surface area contributed by atoms with Gasteiger partial charge in [-0.3, -0.25) is 0 Å². The van der Waals surface area contributed by atoms with Crippen molar-refractivity contribution in [1.29, 1.82) is 0 Å². The highest BCUT2D eigenvalue weighted by Crippen LogP contribution is 2.36. The normalized spacial score (nSPS) is 20.5. The molecule has 108 valence electrons. The summed E-state index contributed by atoms with van der Waals surface area (Å²) in [5.41, 5.74) is 3.21. The number of benzene rings is 2. The number of para-hydroxylation sites is 1. The van der Waals surface area contributed by atoms with Gasteiger partial charge in [-0.25, -0.2) is 0 Å². The minimum absolute atomic E-state index is 0.00930. The van der Waals surface area contributed by atoms with Gasteiger partial charge in [-0.15, -0.1) is 0 Å². The average Bonchev–Trinajstić information content (AvgIpc) is 2.97. The van der Waals surface area contributed by atoms with E-state index in [2.05, 4.69) is 11.4 Å². The highest BCUT2D eigenvalue weighted by molar-refractivity contribution is 5.57. The van der Waals surface area contributed by atoms with E-state index in [1.807, 2.05) is 36.4 Å². The Kier molecular flexibility index (Phi) is 2.97. The second-order valence-corrected chi connectivity index (χ2v) is 5.46. The summed E-state index contributed by atoms with van der Waals surface area (Å²) in [6.45, 7) is 1.13. The van der Waals surface area contributed by atoms with E-state index in [1.54, 1.807) is 0 Å². The molecular weight excluding hydrogens is 266 g/mol. The molecule has 0 radical (unpaired) electrons. The Hall–Kier alpha value is -2.20. The third kappa shape index (κ3) is 2.21. The van der Waals surface area contributed by atoms with E-state index in [4.69, 9.17) is 9.47 Å². The SMILES string of the molecule is OC(c1ccc2c(c1)OCCO2)C1Cc2ccccc2N1. The lowest BCUT2D eigenvalue weighted by Gasteiger charge is -2.23. The van der Waals surface area contributed by atoms with Gasteiger partial charge in [-0.2, -0.15) is 0 Å². The molecule has 2 aliphatic heterocycles. The summed E-state index contributed by atoms with van der Waals surface area (Å²) in [4.78, 5) is 0. The van der Waals surface area contributed by atoms with Gasteiger partial charge in [0.1, 0.15) is 13.2 Å². The number of ether oxygens (including phenoxy) is 2. The summed E-state index contributed by atoms with van der Waals surface area (Å²) in [6.07, 6.45) is 0.249. The molecule has 2 heterocycles. The lowest BCUT2D eigenvalue weighted by atomic mass is 9.99. The number of hydrogen-bond donors (Lipinski definition) is 2. The first-order valence-electron chi connectivity index (χ1n) is 7.23. The van der Waals surface area contributed by atoms with Crippen molar-refractivity contribution >= 4 is 5.69 Å². The Labute approximate surface area is 123 Å². The molecule has 4 nitrogen and oxygen atoms in total. The Balaban J connectivity index is 1.57. The molecule has 2 aliphatic rings. The van der Waals surface area contributed by atoms with E-state index in [-0.39, 0.29) is 6.04 Å². The number of hydrogen-bond acceptors (Lipinski definition) is 4. The van der Waals surface area contributed by atoms with Gasteiger partial charge < -0.3 is 19.9 Å². The molecule has 21 heavy (non-hydrogen) atoms. The maximum Gasteiger partial charge on any atom is 0.161 e. The molecule has 0 aliphatic carbocycles. The predicted molar refractivity (Wildman–Crippen MR) is 79.9 cm³/mol. The fourth-order valence-electron chi connectivity index (χ4n) is 2.99. The van der Waals surface area contributed by atoms with Gasteiger partial charge in [0, 0.05) is 5.69 Å². The van der Waals surface area contributed by atoms with Crippen LogP contribution in [-0.2, 0) is 6.42 Å². The predicted octanol–water partition coefficient (Wildman–Crippen LogP) is 2.53. The first-order valence-corrected chi connectivity index (χ1v) is 7.23. The molecule has 0 fully saturated rings. The minimum Gasteiger partial charge on any atom is -0.486 e. The van der Waals surface area contributed by atoms with Crippen molar-refractivity contribution in [2.24, 2.45) is 0 Å². The second kappa shape index (κ2) is 4.97. The van der Waals surface area contributed by atoms with E-state index in [0.29, 0.717) is 19.0 Å². The largest absolute Gasteiger partial charge is 0.486 e. The van der Waals surface area contributed by atoms with Crippen molar-refractivity contribution in [3.63, 3.8) is 0 Å².